The minimum absolute atomic E-state index is 0.113. The number of rotatable bonds is 3. The van der Waals surface area contributed by atoms with Gasteiger partial charge < -0.3 is 9.47 Å². The molecule has 4 aromatic heterocycles. The smallest absolute Gasteiger partial charge is 0.368 e. The van der Waals surface area contributed by atoms with E-state index in [9.17, 15) is 18.4 Å². The lowest BCUT2D eigenvalue weighted by molar-refractivity contribution is -0.140. The molecule has 0 aliphatic carbocycles. The summed E-state index contributed by atoms with van der Waals surface area (Å²) in [5.74, 6) is 0.132. The van der Waals surface area contributed by atoms with Crippen LogP contribution in [0.1, 0.15) is 29.9 Å². The second-order valence-corrected chi connectivity index (χ2v) is 8.06. The lowest BCUT2D eigenvalue weighted by Gasteiger charge is -2.37. The number of aromatic nitrogens is 7. The minimum atomic E-state index is -4.60. The highest BCUT2D eigenvalue weighted by Gasteiger charge is 2.41. The van der Waals surface area contributed by atoms with E-state index < -0.39 is 17.5 Å². The monoisotopic (exact) mass is 471 g/mol. The third-order valence-corrected chi connectivity index (χ3v) is 5.90. The van der Waals surface area contributed by atoms with E-state index in [0.717, 1.165) is 6.20 Å². The maximum absolute atomic E-state index is 15.6. The molecule has 13 heteroatoms. The molecule has 1 fully saturated rings. The van der Waals surface area contributed by atoms with E-state index in [2.05, 4.69) is 31.2 Å². The molecule has 0 radical (unpaired) electrons. The Bertz CT molecular complexity index is 1410. The molecule has 5 rings (SSSR count). The molecule has 1 aliphatic heterocycles. The van der Waals surface area contributed by atoms with Gasteiger partial charge in [0.25, 0.3) is 0 Å². The van der Waals surface area contributed by atoms with Gasteiger partial charge in [0.1, 0.15) is 12.4 Å². The average molecular weight is 471 g/mol. The molecule has 1 aliphatic rings. The van der Waals surface area contributed by atoms with Crippen LogP contribution in [0.25, 0.3) is 17.0 Å². The topological polar surface area (TPSA) is 101 Å². The first-order valence-electron chi connectivity index (χ1n) is 10.3. The summed E-state index contributed by atoms with van der Waals surface area (Å²) in [6, 6.07) is 3.68. The number of nitriles is 1. The molecule has 34 heavy (non-hydrogen) atoms. The highest BCUT2D eigenvalue weighted by Crippen LogP contribution is 2.40. The number of nitrogens with zero attached hydrogens (tertiary/aromatic N) is 9. The zero-order valence-electron chi connectivity index (χ0n) is 17.8. The molecule has 0 saturated carbocycles. The second-order valence-electron chi connectivity index (χ2n) is 8.06. The van der Waals surface area contributed by atoms with E-state index in [4.69, 9.17) is 0 Å². The van der Waals surface area contributed by atoms with Crippen LogP contribution in [0.4, 0.5) is 23.2 Å². The first kappa shape index (κ1) is 21.7. The van der Waals surface area contributed by atoms with Crippen molar-refractivity contribution in [2.45, 2.75) is 24.7 Å². The quantitative estimate of drug-likeness (QED) is 0.423. The van der Waals surface area contributed by atoms with Gasteiger partial charge in [-0.05, 0) is 6.07 Å². The van der Waals surface area contributed by atoms with Crippen LogP contribution in [0, 0.1) is 11.3 Å². The standard InChI is InChI=1S/C21H17F4N9/c1-32-12-29-31-18(32)20(22)3-6-33(7-4-20)17-13(8-26)2-5-27-16(17)14-9-28-19-30-15(21(23,24)25)11-34(19)10-14/h2,5,9-12H,3-4,6-7H2,1H3. The number of aryl methyl sites for hydroxylation is 1. The Balaban J connectivity index is 1.52. The van der Waals surface area contributed by atoms with Crippen molar-refractivity contribution in [3.8, 4) is 17.3 Å². The van der Waals surface area contributed by atoms with E-state index in [0.29, 0.717) is 22.5 Å². The Labute approximate surface area is 190 Å². The molecule has 0 N–H and O–H groups in total. The number of alkyl halides is 4. The molecule has 0 bridgehead atoms. The fraction of sp³-hybridized carbons (Fsp3) is 0.333. The minimum Gasteiger partial charge on any atom is -0.368 e. The molecule has 0 atom stereocenters. The summed E-state index contributed by atoms with van der Waals surface area (Å²) >= 11 is 0. The average Bonchev–Trinajstić information content (AvgIpc) is 3.45. The lowest BCUT2D eigenvalue weighted by Crippen LogP contribution is -2.42. The number of piperidine rings is 1. The number of halogens is 4. The molecule has 9 nitrogen and oxygen atoms in total. The van der Waals surface area contributed by atoms with Gasteiger partial charge in [0, 0.05) is 63.3 Å². The van der Waals surface area contributed by atoms with Crippen molar-refractivity contribution in [2.24, 2.45) is 7.05 Å². The number of pyridine rings is 1. The molecular weight excluding hydrogens is 454 g/mol. The normalized spacial score (nSPS) is 16.1. The molecule has 5 heterocycles. The van der Waals surface area contributed by atoms with E-state index in [1.807, 2.05) is 4.90 Å². The number of fused-ring (bicyclic) bond motifs is 1. The fourth-order valence-corrected chi connectivity index (χ4v) is 4.22. The van der Waals surface area contributed by atoms with Gasteiger partial charge in [0.15, 0.2) is 17.2 Å². The third-order valence-electron chi connectivity index (χ3n) is 5.90. The molecule has 174 valence electrons. The van der Waals surface area contributed by atoms with E-state index in [1.165, 1.54) is 29.3 Å². The van der Waals surface area contributed by atoms with Gasteiger partial charge in [-0.25, -0.2) is 14.4 Å². The van der Waals surface area contributed by atoms with Crippen molar-refractivity contribution in [3.63, 3.8) is 0 Å². The number of hydrogen-bond donors (Lipinski definition) is 0. The van der Waals surface area contributed by atoms with Gasteiger partial charge in [-0.2, -0.15) is 18.4 Å². The molecule has 0 unspecified atom stereocenters. The summed E-state index contributed by atoms with van der Waals surface area (Å²) in [7, 11) is 1.68. The summed E-state index contributed by atoms with van der Waals surface area (Å²) in [5.41, 5.74) is -1.17. The highest BCUT2D eigenvalue weighted by molar-refractivity contribution is 5.79. The van der Waals surface area contributed by atoms with Crippen molar-refractivity contribution in [1.82, 2.24) is 34.1 Å². The third kappa shape index (κ3) is 3.60. The number of hydrogen-bond acceptors (Lipinski definition) is 7. The molecule has 4 aromatic rings. The number of anilines is 1. The van der Waals surface area contributed by atoms with Crippen LogP contribution in [-0.4, -0.2) is 47.2 Å². The van der Waals surface area contributed by atoms with Crippen LogP contribution in [-0.2, 0) is 18.9 Å². The highest BCUT2D eigenvalue weighted by atomic mass is 19.4. The summed E-state index contributed by atoms with van der Waals surface area (Å²) < 4.78 is 57.5. The van der Waals surface area contributed by atoms with Crippen LogP contribution in [0.5, 0.6) is 0 Å². The predicted molar refractivity (Wildman–Crippen MR) is 111 cm³/mol. The van der Waals surface area contributed by atoms with Crippen molar-refractivity contribution in [1.29, 1.82) is 5.26 Å². The van der Waals surface area contributed by atoms with Crippen LogP contribution in [0.2, 0.25) is 0 Å². The van der Waals surface area contributed by atoms with E-state index >= 15 is 4.39 Å². The van der Waals surface area contributed by atoms with Crippen LogP contribution < -0.4 is 4.90 Å². The van der Waals surface area contributed by atoms with Gasteiger partial charge in [-0.3, -0.25) is 9.38 Å². The van der Waals surface area contributed by atoms with E-state index in [-0.39, 0.29) is 37.5 Å². The van der Waals surface area contributed by atoms with Crippen LogP contribution >= 0.6 is 0 Å². The van der Waals surface area contributed by atoms with Gasteiger partial charge in [0.2, 0.25) is 5.78 Å². The van der Waals surface area contributed by atoms with Crippen LogP contribution in [0.3, 0.4) is 0 Å². The van der Waals surface area contributed by atoms with Crippen molar-refractivity contribution in [2.75, 3.05) is 18.0 Å². The van der Waals surface area contributed by atoms with Gasteiger partial charge in [-0.1, -0.05) is 0 Å². The van der Waals surface area contributed by atoms with Gasteiger partial charge in [0.05, 0.1) is 16.9 Å². The Morgan fingerprint density at radius 1 is 1.15 bits per heavy atom. The lowest BCUT2D eigenvalue weighted by atomic mass is 9.91. The Morgan fingerprint density at radius 3 is 2.56 bits per heavy atom. The summed E-state index contributed by atoms with van der Waals surface area (Å²) in [5, 5.41) is 17.4. The Morgan fingerprint density at radius 2 is 1.91 bits per heavy atom. The molecule has 0 aromatic carbocycles. The van der Waals surface area contributed by atoms with Crippen molar-refractivity contribution >= 4 is 11.5 Å². The van der Waals surface area contributed by atoms with E-state index in [1.54, 1.807) is 17.7 Å². The maximum Gasteiger partial charge on any atom is 0.434 e. The SMILES string of the molecule is Cn1cnnc1C1(F)CCN(c2c(C#N)ccnc2-c2cnc3nc(C(F)(F)F)cn3c2)CC1. The first-order valence-corrected chi connectivity index (χ1v) is 10.3. The van der Waals surface area contributed by atoms with Gasteiger partial charge >= 0.3 is 6.18 Å². The Hall–Kier alpha value is -4.08. The molecule has 0 spiro atoms. The maximum atomic E-state index is 15.6. The Kier molecular flexibility index (Phi) is 4.96. The fourth-order valence-electron chi connectivity index (χ4n) is 4.22. The number of imidazole rings is 1. The van der Waals surface area contributed by atoms with Crippen LogP contribution in [0.15, 0.2) is 37.2 Å². The zero-order chi connectivity index (χ0) is 24.1. The predicted octanol–water partition coefficient (Wildman–Crippen LogP) is 3.28. The first-order chi connectivity index (χ1) is 16.2. The molecular formula is C21H17F4N9. The molecule has 1 saturated heterocycles. The van der Waals surface area contributed by atoms with Crippen molar-refractivity contribution < 1.29 is 17.6 Å². The zero-order valence-corrected chi connectivity index (χ0v) is 17.8. The largest absolute Gasteiger partial charge is 0.434 e. The van der Waals surface area contributed by atoms with Gasteiger partial charge in [-0.15, -0.1) is 10.2 Å². The summed E-state index contributed by atoms with van der Waals surface area (Å²) in [4.78, 5) is 13.8. The second kappa shape index (κ2) is 7.75. The van der Waals surface area contributed by atoms with Crippen molar-refractivity contribution in [3.05, 3.63) is 54.3 Å². The molecule has 0 amide bonds. The summed E-state index contributed by atoms with van der Waals surface area (Å²) in [6.07, 6.45) is 2.16. The summed E-state index contributed by atoms with van der Waals surface area (Å²) in [6.45, 7) is 0.547.